The molecule has 1 aliphatic rings. The smallest absolute Gasteiger partial charge is 0.328 e. The number of hydrogen-bond acceptors (Lipinski definition) is 6. The minimum atomic E-state index is -2.70. The van der Waals surface area contributed by atoms with E-state index in [1.807, 2.05) is 18.2 Å². The fourth-order valence-electron chi connectivity index (χ4n) is 4.90. The van der Waals surface area contributed by atoms with Crippen LogP contribution in [0.25, 0.3) is 0 Å². The van der Waals surface area contributed by atoms with E-state index < -0.39 is 47.1 Å². The number of piperidine rings is 1. The Morgan fingerprint density at radius 1 is 1.13 bits per heavy atom. The Hall–Kier alpha value is -2.50. The van der Waals surface area contributed by atoms with Gasteiger partial charge in [-0.05, 0) is 55.2 Å². The van der Waals surface area contributed by atoms with Crippen molar-refractivity contribution in [1.82, 2.24) is 9.96 Å². The third-order valence-corrected chi connectivity index (χ3v) is 7.38. The van der Waals surface area contributed by atoms with E-state index in [1.54, 1.807) is 44.2 Å². The molecule has 2 aromatic rings. The number of rotatable bonds is 10. The molecule has 0 aliphatic carbocycles. The largest absolute Gasteiger partial charge is 0.464 e. The molecule has 2 amide bonds. The molecule has 1 N–H and O–H groups in total. The number of esters is 1. The molecule has 1 heterocycles. The number of hydrogen-bond donors (Lipinski definition) is 1. The summed E-state index contributed by atoms with van der Waals surface area (Å²) in [4.78, 5) is 41.5. The van der Waals surface area contributed by atoms with Gasteiger partial charge in [0.25, 0.3) is 0 Å². The monoisotopic (exact) mass is 584 g/mol. The summed E-state index contributed by atoms with van der Waals surface area (Å²) in [6.07, 6.45) is 0.237. The molecule has 12 heteroatoms. The van der Waals surface area contributed by atoms with E-state index in [9.17, 15) is 18.6 Å². The lowest BCUT2D eigenvalue weighted by atomic mass is 9.74. The molecule has 38 heavy (non-hydrogen) atoms. The molecular weight excluding hydrogens is 555 g/mol. The zero-order valence-corrected chi connectivity index (χ0v) is 23.5. The Balaban J connectivity index is 2.14. The van der Waals surface area contributed by atoms with E-state index >= 15 is 0 Å². The number of nitrogens with zero attached hydrogens (tertiary/aromatic N) is 2. The number of likely N-dealkylation sites (tertiary alicyclic amines) is 1. The number of benzene rings is 2. The Kier molecular flexibility index (Phi) is 10.7. The van der Waals surface area contributed by atoms with Crippen LogP contribution >= 0.6 is 23.2 Å². The molecule has 3 rings (SSSR count). The second kappa shape index (κ2) is 13.5. The first kappa shape index (κ1) is 30.0. The fourth-order valence-corrected chi connectivity index (χ4v) is 5.50. The highest BCUT2D eigenvalue weighted by Crippen LogP contribution is 2.47. The average molecular weight is 586 g/mol. The lowest BCUT2D eigenvalue weighted by Gasteiger charge is -2.47. The maximum Gasteiger partial charge on any atom is 0.328 e. The third kappa shape index (κ3) is 7.12. The molecule has 2 aromatic carbocycles. The lowest BCUT2D eigenvalue weighted by Crippen LogP contribution is -2.55. The summed E-state index contributed by atoms with van der Waals surface area (Å²) in [5.41, 5.74) is 1.59. The molecule has 5 atom stereocenters. The Morgan fingerprint density at radius 2 is 1.82 bits per heavy atom. The molecule has 0 aromatic heterocycles. The summed E-state index contributed by atoms with van der Waals surface area (Å²) >= 11 is 9.78. The van der Waals surface area contributed by atoms with Gasteiger partial charge in [0.2, 0.25) is 11.8 Å². The van der Waals surface area contributed by atoms with Crippen molar-refractivity contribution in [3.63, 3.8) is 0 Å². The van der Waals surface area contributed by atoms with E-state index in [1.165, 1.54) is 11.9 Å². The topological polar surface area (TPSA) is 113 Å². The lowest BCUT2D eigenvalue weighted by molar-refractivity contribution is -0.165. The highest BCUT2D eigenvalue weighted by atomic mass is 35.5. The first-order valence-electron chi connectivity index (χ1n) is 12.1. The highest BCUT2D eigenvalue weighted by Gasteiger charge is 2.48. The van der Waals surface area contributed by atoms with Crippen LogP contribution in [0.1, 0.15) is 56.2 Å². The first-order valence-corrected chi connectivity index (χ1v) is 13.9. The van der Waals surface area contributed by atoms with Crippen molar-refractivity contribution in [1.29, 1.82) is 0 Å². The number of hydroxylamine groups is 2. The van der Waals surface area contributed by atoms with Crippen molar-refractivity contribution in [2.24, 2.45) is 5.92 Å². The number of carbonyl (C=O) groups is 3. The molecule has 1 aliphatic heterocycles. The van der Waals surface area contributed by atoms with Crippen LogP contribution in [0.5, 0.6) is 0 Å². The van der Waals surface area contributed by atoms with Crippen LogP contribution in [-0.2, 0) is 34.8 Å². The second-order valence-electron chi connectivity index (χ2n) is 8.90. The number of ether oxygens (including phenoxy) is 1. The fraction of sp³-hybridized carbons (Fsp3) is 0.423. The minimum absolute atomic E-state index is 0.142. The normalized spacial score (nSPS) is 21.1. The maximum absolute atomic E-state index is 14.1. The molecule has 206 valence electrons. The van der Waals surface area contributed by atoms with Crippen molar-refractivity contribution in [3.8, 4) is 0 Å². The minimum Gasteiger partial charge on any atom is -0.464 e. The molecule has 1 saturated heterocycles. The van der Waals surface area contributed by atoms with Gasteiger partial charge in [0.05, 0.1) is 12.6 Å². The molecule has 5 unspecified atom stereocenters. The quantitative estimate of drug-likeness (QED) is 0.239. The van der Waals surface area contributed by atoms with Gasteiger partial charge in [-0.2, -0.15) is 4.21 Å². The van der Waals surface area contributed by atoms with E-state index in [0.717, 1.165) is 11.1 Å². The van der Waals surface area contributed by atoms with Gasteiger partial charge in [-0.3, -0.25) is 14.1 Å². The SMILES string of the molecule is CCOC(=O)C(CC)N1C(=O)C(CC(=O)N(C)OS(=O)O)CC(c2cccc(Cl)c2)C1c1ccc(Cl)cc1. The molecule has 0 radical (unpaired) electrons. The highest BCUT2D eigenvalue weighted by molar-refractivity contribution is 7.74. The van der Waals surface area contributed by atoms with Crippen LogP contribution in [0, 0.1) is 5.92 Å². The Bertz CT molecular complexity index is 1180. The second-order valence-corrected chi connectivity index (χ2v) is 10.4. The Morgan fingerprint density at radius 3 is 2.39 bits per heavy atom. The molecule has 0 bridgehead atoms. The van der Waals surface area contributed by atoms with E-state index in [0.29, 0.717) is 15.1 Å². The summed E-state index contributed by atoms with van der Waals surface area (Å²) in [5, 5.41) is 1.66. The van der Waals surface area contributed by atoms with Crippen molar-refractivity contribution in [3.05, 3.63) is 69.7 Å². The number of carbonyl (C=O) groups excluding carboxylic acids is 3. The van der Waals surface area contributed by atoms with Crippen LogP contribution in [0.2, 0.25) is 10.0 Å². The van der Waals surface area contributed by atoms with Gasteiger partial charge in [0.15, 0.2) is 0 Å². The van der Waals surface area contributed by atoms with Crippen LogP contribution in [-0.4, -0.2) is 56.2 Å². The van der Waals surface area contributed by atoms with Gasteiger partial charge in [0, 0.05) is 35.3 Å². The van der Waals surface area contributed by atoms with Gasteiger partial charge in [-0.1, -0.05) is 54.4 Å². The Labute approximate surface area is 234 Å². The summed E-state index contributed by atoms with van der Waals surface area (Å²) in [6.45, 7) is 3.62. The van der Waals surface area contributed by atoms with Crippen molar-refractivity contribution >= 4 is 52.3 Å². The van der Waals surface area contributed by atoms with Crippen LogP contribution in [0.4, 0.5) is 0 Å². The van der Waals surface area contributed by atoms with Gasteiger partial charge in [-0.25, -0.2) is 9.86 Å². The van der Waals surface area contributed by atoms with Crippen molar-refractivity contribution in [2.75, 3.05) is 13.7 Å². The van der Waals surface area contributed by atoms with Crippen LogP contribution < -0.4 is 0 Å². The maximum atomic E-state index is 14.1. The molecule has 0 saturated carbocycles. The predicted molar refractivity (Wildman–Crippen MR) is 143 cm³/mol. The number of halogens is 2. The predicted octanol–water partition coefficient (Wildman–Crippen LogP) is 4.93. The zero-order valence-electron chi connectivity index (χ0n) is 21.2. The van der Waals surface area contributed by atoms with E-state index in [-0.39, 0.29) is 31.8 Å². The van der Waals surface area contributed by atoms with Gasteiger partial charge in [0.1, 0.15) is 6.04 Å². The van der Waals surface area contributed by atoms with Crippen LogP contribution in [0.3, 0.4) is 0 Å². The average Bonchev–Trinajstić information content (AvgIpc) is 2.86. The summed E-state index contributed by atoms with van der Waals surface area (Å²) in [7, 11) is 1.19. The number of amides is 2. The summed E-state index contributed by atoms with van der Waals surface area (Å²) in [6, 6.07) is 12.8. The first-order chi connectivity index (χ1) is 18.1. The van der Waals surface area contributed by atoms with Crippen molar-refractivity contribution < 1.29 is 32.2 Å². The third-order valence-electron chi connectivity index (χ3n) is 6.54. The van der Waals surface area contributed by atoms with E-state index in [4.69, 9.17) is 32.5 Å². The molecule has 0 spiro atoms. The summed E-state index contributed by atoms with van der Waals surface area (Å²) in [5.74, 6) is -2.82. The van der Waals surface area contributed by atoms with Crippen LogP contribution in [0.15, 0.2) is 48.5 Å². The molecular formula is C26H30Cl2N2O7S. The molecule has 9 nitrogen and oxygen atoms in total. The van der Waals surface area contributed by atoms with Gasteiger partial charge in [-0.15, -0.1) is 4.28 Å². The van der Waals surface area contributed by atoms with Gasteiger partial charge < -0.3 is 9.64 Å². The van der Waals surface area contributed by atoms with E-state index in [2.05, 4.69) is 4.28 Å². The zero-order chi connectivity index (χ0) is 28.0. The molecule has 1 fully saturated rings. The van der Waals surface area contributed by atoms with Crippen molar-refractivity contribution in [2.45, 2.75) is 51.1 Å². The van der Waals surface area contributed by atoms with Gasteiger partial charge >= 0.3 is 17.3 Å². The standard InChI is InChI=1S/C26H30Cl2N2O7S/c1-4-22(26(33)36-5-2)30-24(16-9-11-19(27)12-10-16)21(17-7-6-8-20(28)13-17)14-18(25(30)32)15-23(31)29(3)37-38(34)35/h6-13,18,21-22,24H,4-5,14-15H2,1-3H3,(H,34,35). The summed E-state index contributed by atoms with van der Waals surface area (Å²) < 4.78 is 29.9.